The molecule has 0 aliphatic rings. The van der Waals surface area contributed by atoms with Crippen LogP contribution in [0.5, 0.6) is 0 Å². The fraction of sp³-hybridized carbons (Fsp3) is 0.500. The van der Waals surface area contributed by atoms with Crippen LogP contribution in [0.2, 0.25) is 0 Å². The van der Waals surface area contributed by atoms with Crippen molar-refractivity contribution >= 4 is 11.6 Å². The molecule has 0 spiro atoms. The summed E-state index contributed by atoms with van der Waals surface area (Å²) in [5, 5.41) is 3.12. The summed E-state index contributed by atoms with van der Waals surface area (Å²) in [5.41, 5.74) is 2.06. The molecule has 0 atom stereocenters. The molecule has 1 rings (SSSR count). The number of alkyl halides is 3. The summed E-state index contributed by atoms with van der Waals surface area (Å²) in [6.07, 6.45) is -5.25. The number of nitrogens with one attached hydrogen (secondary N) is 1. The lowest BCUT2D eigenvalue weighted by molar-refractivity contribution is -0.136. The standard InChI is InChI=1S/C14H19F3N2O/c1-4-18-11-5-6-12(10(2)9-11)13(20)19(3)8-7-14(15,16)17/h5-6,9,18H,4,7-8H2,1-3H3. The highest BCUT2D eigenvalue weighted by Crippen LogP contribution is 2.21. The Morgan fingerprint density at radius 1 is 1.35 bits per heavy atom. The van der Waals surface area contributed by atoms with Crippen molar-refractivity contribution in [3.05, 3.63) is 29.3 Å². The number of rotatable bonds is 5. The Morgan fingerprint density at radius 2 is 2.00 bits per heavy atom. The van der Waals surface area contributed by atoms with Crippen LogP contribution in [-0.2, 0) is 0 Å². The van der Waals surface area contributed by atoms with Crippen LogP contribution >= 0.6 is 0 Å². The summed E-state index contributed by atoms with van der Waals surface area (Å²) >= 11 is 0. The van der Waals surface area contributed by atoms with Gasteiger partial charge < -0.3 is 10.2 Å². The molecule has 0 fully saturated rings. The average Bonchev–Trinajstić information content (AvgIpc) is 2.35. The Hall–Kier alpha value is -1.72. The molecule has 0 heterocycles. The first-order chi connectivity index (χ1) is 9.24. The van der Waals surface area contributed by atoms with E-state index in [1.165, 1.54) is 7.05 Å². The number of hydrogen-bond donors (Lipinski definition) is 1. The maximum Gasteiger partial charge on any atom is 0.390 e. The van der Waals surface area contributed by atoms with Gasteiger partial charge >= 0.3 is 6.18 Å². The van der Waals surface area contributed by atoms with E-state index in [-0.39, 0.29) is 6.54 Å². The summed E-state index contributed by atoms with van der Waals surface area (Å²) in [4.78, 5) is 13.2. The van der Waals surface area contributed by atoms with Crippen LogP contribution in [0, 0.1) is 6.92 Å². The van der Waals surface area contributed by atoms with Gasteiger partial charge in [0.05, 0.1) is 6.42 Å². The van der Waals surface area contributed by atoms with Crippen LogP contribution in [0.3, 0.4) is 0 Å². The fourth-order valence-electron chi connectivity index (χ4n) is 1.82. The van der Waals surface area contributed by atoms with E-state index in [0.717, 1.165) is 22.7 Å². The minimum atomic E-state index is -4.25. The third-order valence-electron chi connectivity index (χ3n) is 2.92. The summed E-state index contributed by atoms with van der Waals surface area (Å²) in [5.74, 6) is -0.394. The van der Waals surface area contributed by atoms with Crippen molar-refractivity contribution in [2.24, 2.45) is 0 Å². The lowest BCUT2D eigenvalue weighted by Crippen LogP contribution is -2.31. The third kappa shape index (κ3) is 4.75. The zero-order valence-electron chi connectivity index (χ0n) is 11.8. The number of hydrogen-bond acceptors (Lipinski definition) is 2. The summed E-state index contributed by atoms with van der Waals surface area (Å²) in [6, 6.07) is 5.20. The highest BCUT2D eigenvalue weighted by molar-refractivity contribution is 5.95. The molecule has 112 valence electrons. The van der Waals surface area contributed by atoms with Gasteiger partial charge in [-0.1, -0.05) is 0 Å². The molecule has 6 heteroatoms. The maximum absolute atomic E-state index is 12.2. The fourth-order valence-corrected chi connectivity index (χ4v) is 1.82. The van der Waals surface area contributed by atoms with Crippen LogP contribution in [0.15, 0.2) is 18.2 Å². The number of halogens is 3. The minimum Gasteiger partial charge on any atom is -0.385 e. The zero-order valence-corrected chi connectivity index (χ0v) is 11.8. The number of anilines is 1. The van der Waals surface area contributed by atoms with Crippen LogP contribution in [0.4, 0.5) is 18.9 Å². The van der Waals surface area contributed by atoms with Crippen molar-refractivity contribution in [2.45, 2.75) is 26.4 Å². The monoisotopic (exact) mass is 288 g/mol. The maximum atomic E-state index is 12.2. The average molecular weight is 288 g/mol. The second-order valence-electron chi connectivity index (χ2n) is 4.65. The molecule has 0 aromatic heterocycles. The van der Waals surface area contributed by atoms with Gasteiger partial charge in [-0.05, 0) is 37.6 Å². The first-order valence-corrected chi connectivity index (χ1v) is 6.41. The number of carbonyl (C=O) groups is 1. The summed E-state index contributed by atoms with van der Waals surface area (Å²) in [6.45, 7) is 4.15. The van der Waals surface area contributed by atoms with Crippen LogP contribution in [-0.4, -0.2) is 37.1 Å². The molecule has 1 N–H and O–H groups in total. The lowest BCUT2D eigenvalue weighted by atomic mass is 10.1. The largest absolute Gasteiger partial charge is 0.390 e. The molecule has 0 aliphatic heterocycles. The van der Waals surface area contributed by atoms with Crippen molar-refractivity contribution in [3.63, 3.8) is 0 Å². The number of carbonyl (C=O) groups excluding carboxylic acids is 1. The second kappa shape index (κ2) is 6.63. The molecule has 0 aliphatic carbocycles. The van der Waals surface area contributed by atoms with Crippen molar-refractivity contribution < 1.29 is 18.0 Å². The van der Waals surface area contributed by atoms with E-state index >= 15 is 0 Å². The van der Waals surface area contributed by atoms with Crippen molar-refractivity contribution in [1.82, 2.24) is 4.90 Å². The van der Waals surface area contributed by atoms with Gasteiger partial charge in [-0.25, -0.2) is 0 Å². The molecule has 0 saturated heterocycles. The number of benzene rings is 1. The zero-order chi connectivity index (χ0) is 15.3. The molecule has 1 aromatic carbocycles. The predicted octanol–water partition coefficient (Wildman–Crippen LogP) is 3.45. The predicted molar refractivity (Wildman–Crippen MR) is 73.0 cm³/mol. The van der Waals surface area contributed by atoms with Gasteiger partial charge in [-0.2, -0.15) is 13.2 Å². The molecule has 0 unspecified atom stereocenters. The molecule has 3 nitrogen and oxygen atoms in total. The van der Waals surface area contributed by atoms with Crippen molar-refractivity contribution in [2.75, 3.05) is 25.5 Å². The van der Waals surface area contributed by atoms with Gasteiger partial charge in [-0.3, -0.25) is 4.79 Å². The van der Waals surface area contributed by atoms with Gasteiger partial charge in [0, 0.05) is 31.4 Å². The number of aryl methyl sites for hydroxylation is 1. The smallest absolute Gasteiger partial charge is 0.385 e. The first kappa shape index (κ1) is 16.3. The van der Waals surface area contributed by atoms with Crippen LogP contribution in [0.25, 0.3) is 0 Å². The molecule has 1 amide bonds. The van der Waals surface area contributed by atoms with Crippen molar-refractivity contribution in [1.29, 1.82) is 0 Å². The van der Waals surface area contributed by atoms with Crippen LogP contribution < -0.4 is 5.32 Å². The van der Waals surface area contributed by atoms with E-state index < -0.39 is 18.5 Å². The van der Waals surface area contributed by atoms with Crippen molar-refractivity contribution in [3.8, 4) is 0 Å². The Kier molecular flexibility index (Phi) is 5.42. The molecule has 0 bridgehead atoms. The van der Waals surface area contributed by atoms with E-state index in [0.29, 0.717) is 5.56 Å². The molecular formula is C14H19F3N2O. The van der Waals surface area contributed by atoms with Gasteiger partial charge in [0.2, 0.25) is 0 Å². The van der Waals surface area contributed by atoms with Gasteiger partial charge in [0.25, 0.3) is 5.91 Å². The molecule has 20 heavy (non-hydrogen) atoms. The molecule has 1 aromatic rings. The first-order valence-electron chi connectivity index (χ1n) is 6.41. The summed E-state index contributed by atoms with van der Waals surface area (Å²) in [7, 11) is 1.38. The summed E-state index contributed by atoms with van der Waals surface area (Å²) < 4.78 is 36.5. The third-order valence-corrected chi connectivity index (χ3v) is 2.92. The highest BCUT2D eigenvalue weighted by atomic mass is 19.4. The van der Waals surface area contributed by atoms with E-state index in [9.17, 15) is 18.0 Å². The second-order valence-corrected chi connectivity index (χ2v) is 4.65. The Bertz CT molecular complexity index is 472. The minimum absolute atomic E-state index is 0.337. The molecule has 0 saturated carbocycles. The Labute approximate surface area is 116 Å². The highest BCUT2D eigenvalue weighted by Gasteiger charge is 2.28. The molecular weight excluding hydrogens is 269 g/mol. The topological polar surface area (TPSA) is 32.3 Å². The number of amides is 1. The van der Waals surface area contributed by atoms with E-state index in [2.05, 4.69) is 5.32 Å². The Balaban J connectivity index is 2.76. The lowest BCUT2D eigenvalue weighted by Gasteiger charge is -2.19. The van der Waals surface area contributed by atoms with E-state index in [1.807, 2.05) is 13.0 Å². The van der Waals surface area contributed by atoms with Gasteiger partial charge in [0.1, 0.15) is 0 Å². The SMILES string of the molecule is CCNc1ccc(C(=O)N(C)CCC(F)(F)F)c(C)c1. The van der Waals surface area contributed by atoms with Gasteiger partial charge in [-0.15, -0.1) is 0 Å². The molecule has 0 radical (unpaired) electrons. The quantitative estimate of drug-likeness (QED) is 0.900. The van der Waals surface area contributed by atoms with Crippen LogP contribution in [0.1, 0.15) is 29.3 Å². The van der Waals surface area contributed by atoms with E-state index in [4.69, 9.17) is 0 Å². The normalized spacial score (nSPS) is 11.3. The van der Waals surface area contributed by atoms with E-state index in [1.54, 1.807) is 19.1 Å². The number of nitrogens with zero attached hydrogens (tertiary/aromatic N) is 1. The van der Waals surface area contributed by atoms with Gasteiger partial charge in [0.15, 0.2) is 0 Å². The Morgan fingerprint density at radius 3 is 2.50 bits per heavy atom.